The second kappa shape index (κ2) is 10.7. The van der Waals surface area contributed by atoms with E-state index in [1.807, 2.05) is 23.6 Å². The summed E-state index contributed by atoms with van der Waals surface area (Å²) in [7, 11) is -3.14. The van der Waals surface area contributed by atoms with Crippen LogP contribution in [0, 0.1) is 0 Å². The van der Waals surface area contributed by atoms with Crippen LogP contribution >= 0.6 is 0 Å². The van der Waals surface area contributed by atoms with Crippen molar-refractivity contribution in [1.29, 1.82) is 0 Å². The first-order valence-electron chi connectivity index (χ1n) is 9.12. The third-order valence-corrected chi connectivity index (χ3v) is 5.09. The fraction of sp³-hybridized carbons (Fsp3) is 0.500. The molecule has 0 bridgehead atoms. The molecule has 9 heteroatoms. The number of aliphatic imine (C=N–C) groups is 1. The fourth-order valence-corrected chi connectivity index (χ4v) is 3.14. The molecule has 0 amide bonds. The second-order valence-electron chi connectivity index (χ2n) is 6.26. The Morgan fingerprint density at radius 2 is 1.81 bits per heavy atom. The molecule has 0 saturated heterocycles. The van der Waals surface area contributed by atoms with Crippen LogP contribution in [0.5, 0.6) is 0 Å². The number of nitrogens with one attached hydrogen (secondary N) is 2. The minimum Gasteiger partial charge on any atom is -0.357 e. The van der Waals surface area contributed by atoms with Gasteiger partial charge in [0.1, 0.15) is 12.7 Å². The molecule has 0 spiro atoms. The van der Waals surface area contributed by atoms with E-state index >= 15 is 0 Å². The first-order chi connectivity index (χ1) is 13.0. The Morgan fingerprint density at radius 3 is 2.44 bits per heavy atom. The summed E-state index contributed by atoms with van der Waals surface area (Å²) in [6.45, 7) is 5.21. The number of benzene rings is 1. The van der Waals surface area contributed by atoms with Gasteiger partial charge in [0.25, 0.3) is 0 Å². The van der Waals surface area contributed by atoms with Gasteiger partial charge in [0.15, 0.2) is 15.8 Å². The van der Waals surface area contributed by atoms with Gasteiger partial charge in [0.05, 0.1) is 4.90 Å². The molecule has 0 radical (unpaired) electrons. The van der Waals surface area contributed by atoms with Crippen LogP contribution in [0.25, 0.3) is 0 Å². The van der Waals surface area contributed by atoms with Crippen molar-refractivity contribution in [2.24, 2.45) is 4.99 Å². The summed E-state index contributed by atoms with van der Waals surface area (Å²) in [5.74, 6) is 0.801. The Labute approximate surface area is 161 Å². The Bertz CT molecular complexity index is 801. The predicted molar refractivity (Wildman–Crippen MR) is 106 cm³/mol. The summed E-state index contributed by atoms with van der Waals surface area (Å²) >= 11 is 0. The number of nitrogens with zero attached hydrogens (tertiary/aromatic N) is 4. The number of rotatable bonds is 10. The summed E-state index contributed by atoms with van der Waals surface area (Å²) in [5, 5.41) is 14.1. The number of sulfone groups is 1. The Kier molecular flexibility index (Phi) is 8.25. The highest BCUT2D eigenvalue weighted by Gasteiger charge is 2.06. The molecule has 1 aromatic carbocycles. The molecule has 2 aromatic rings. The SMILES string of the molecule is CCNC(=NCCCCn1cnnc1)NCCc1ccc(S(C)(=O)=O)cc1. The van der Waals surface area contributed by atoms with Crippen LogP contribution in [0.15, 0.2) is 46.8 Å². The van der Waals surface area contributed by atoms with Gasteiger partial charge in [-0.05, 0) is 43.9 Å². The highest BCUT2D eigenvalue weighted by Crippen LogP contribution is 2.10. The van der Waals surface area contributed by atoms with Gasteiger partial charge in [-0.25, -0.2) is 8.42 Å². The van der Waals surface area contributed by atoms with Gasteiger partial charge in [-0.1, -0.05) is 12.1 Å². The molecule has 0 atom stereocenters. The van der Waals surface area contributed by atoms with Gasteiger partial charge in [-0.15, -0.1) is 10.2 Å². The molecule has 0 fully saturated rings. The summed E-state index contributed by atoms with van der Waals surface area (Å²) in [4.78, 5) is 4.93. The highest BCUT2D eigenvalue weighted by molar-refractivity contribution is 7.90. The zero-order valence-electron chi connectivity index (χ0n) is 15.9. The van der Waals surface area contributed by atoms with Crippen molar-refractivity contribution in [3.8, 4) is 0 Å². The Morgan fingerprint density at radius 1 is 1.11 bits per heavy atom. The van der Waals surface area contributed by atoms with Crippen molar-refractivity contribution >= 4 is 15.8 Å². The molecule has 0 aliphatic carbocycles. The van der Waals surface area contributed by atoms with Crippen molar-refractivity contribution in [2.45, 2.75) is 37.6 Å². The van der Waals surface area contributed by atoms with Crippen LogP contribution < -0.4 is 10.6 Å². The summed E-state index contributed by atoms with van der Waals surface area (Å²) in [6.07, 6.45) is 7.46. The molecule has 148 valence electrons. The third-order valence-electron chi connectivity index (χ3n) is 3.96. The lowest BCUT2D eigenvalue weighted by atomic mass is 10.1. The molecule has 1 aromatic heterocycles. The lowest BCUT2D eigenvalue weighted by Crippen LogP contribution is -2.38. The molecule has 0 aliphatic heterocycles. The molecule has 2 N–H and O–H groups in total. The van der Waals surface area contributed by atoms with Gasteiger partial charge in [-0.2, -0.15) is 0 Å². The number of guanidine groups is 1. The minimum absolute atomic E-state index is 0.348. The summed E-state index contributed by atoms with van der Waals surface area (Å²) in [6, 6.07) is 7.01. The maximum atomic E-state index is 11.5. The molecule has 0 aliphatic rings. The minimum atomic E-state index is -3.14. The number of hydrogen-bond donors (Lipinski definition) is 2. The average Bonchev–Trinajstić information content (AvgIpc) is 3.14. The average molecular weight is 393 g/mol. The largest absolute Gasteiger partial charge is 0.357 e. The zero-order valence-corrected chi connectivity index (χ0v) is 16.7. The monoisotopic (exact) mass is 392 g/mol. The standard InChI is InChI=1S/C18H28N6O2S/c1-3-19-18(20-11-4-5-13-24-14-22-23-15-24)21-12-10-16-6-8-17(9-7-16)27(2,25)26/h6-9,14-15H,3-5,10-13H2,1-2H3,(H2,19,20,21). The van der Waals surface area contributed by atoms with Crippen LogP contribution in [0.4, 0.5) is 0 Å². The molecular weight excluding hydrogens is 364 g/mol. The number of hydrogen-bond acceptors (Lipinski definition) is 5. The van der Waals surface area contributed by atoms with E-state index in [0.29, 0.717) is 4.90 Å². The smallest absolute Gasteiger partial charge is 0.191 e. The van der Waals surface area contributed by atoms with Crippen molar-refractivity contribution < 1.29 is 8.42 Å². The van der Waals surface area contributed by atoms with Crippen molar-refractivity contribution in [3.05, 3.63) is 42.5 Å². The molecular formula is C18H28N6O2S. The van der Waals surface area contributed by atoms with Gasteiger partial charge in [0, 0.05) is 32.4 Å². The van der Waals surface area contributed by atoms with E-state index in [4.69, 9.17) is 0 Å². The molecule has 0 unspecified atom stereocenters. The van der Waals surface area contributed by atoms with Gasteiger partial charge >= 0.3 is 0 Å². The first kappa shape index (κ1) is 20.9. The van der Waals surface area contributed by atoms with Crippen molar-refractivity contribution in [2.75, 3.05) is 25.9 Å². The Balaban J connectivity index is 1.72. The second-order valence-corrected chi connectivity index (χ2v) is 8.28. The number of aromatic nitrogens is 3. The van der Waals surface area contributed by atoms with E-state index in [2.05, 4.69) is 25.8 Å². The van der Waals surface area contributed by atoms with Gasteiger partial charge in [-0.3, -0.25) is 4.99 Å². The number of unbranched alkanes of at least 4 members (excludes halogenated alkanes) is 1. The maximum Gasteiger partial charge on any atom is 0.191 e. The summed E-state index contributed by atoms with van der Waals surface area (Å²) in [5.41, 5.74) is 1.08. The highest BCUT2D eigenvalue weighted by atomic mass is 32.2. The van der Waals surface area contributed by atoms with Gasteiger partial charge < -0.3 is 15.2 Å². The maximum absolute atomic E-state index is 11.5. The lowest BCUT2D eigenvalue weighted by Gasteiger charge is -2.11. The van der Waals surface area contributed by atoms with Crippen LogP contribution in [0.2, 0.25) is 0 Å². The quantitative estimate of drug-likeness (QED) is 0.359. The lowest BCUT2D eigenvalue weighted by molar-refractivity contribution is 0.602. The summed E-state index contributed by atoms with van der Waals surface area (Å²) < 4.78 is 24.9. The van der Waals surface area contributed by atoms with E-state index < -0.39 is 9.84 Å². The fourth-order valence-electron chi connectivity index (χ4n) is 2.50. The first-order valence-corrected chi connectivity index (χ1v) is 11.0. The molecule has 1 heterocycles. The third kappa shape index (κ3) is 7.78. The Hall–Kier alpha value is -2.42. The van der Waals surface area contributed by atoms with Gasteiger partial charge in [0.2, 0.25) is 0 Å². The molecule has 8 nitrogen and oxygen atoms in total. The van der Waals surface area contributed by atoms with Crippen LogP contribution in [0.1, 0.15) is 25.3 Å². The number of aryl methyl sites for hydroxylation is 1. The van der Waals surface area contributed by atoms with Crippen LogP contribution in [-0.2, 0) is 22.8 Å². The topological polar surface area (TPSA) is 101 Å². The predicted octanol–water partition coefficient (Wildman–Crippen LogP) is 1.26. The van der Waals surface area contributed by atoms with Crippen molar-refractivity contribution in [1.82, 2.24) is 25.4 Å². The normalized spacial score (nSPS) is 12.1. The van der Waals surface area contributed by atoms with E-state index in [1.165, 1.54) is 6.26 Å². The molecule has 27 heavy (non-hydrogen) atoms. The van der Waals surface area contributed by atoms with E-state index in [0.717, 1.165) is 57.0 Å². The van der Waals surface area contributed by atoms with Crippen LogP contribution in [-0.4, -0.2) is 55.0 Å². The van der Waals surface area contributed by atoms with E-state index in [-0.39, 0.29) is 0 Å². The van der Waals surface area contributed by atoms with E-state index in [1.54, 1.807) is 24.8 Å². The van der Waals surface area contributed by atoms with Crippen molar-refractivity contribution in [3.63, 3.8) is 0 Å². The molecule has 2 rings (SSSR count). The zero-order chi connectivity index (χ0) is 19.5. The van der Waals surface area contributed by atoms with E-state index in [9.17, 15) is 8.42 Å². The van der Waals surface area contributed by atoms with Crippen LogP contribution in [0.3, 0.4) is 0 Å². The molecule has 0 saturated carbocycles.